The first-order chi connectivity index (χ1) is 13.9. The van der Waals surface area contributed by atoms with E-state index in [1.807, 2.05) is 0 Å². The summed E-state index contributed by atoms with van der Waals surface area (Å²) in [6, 6.07) is 10.9. The first-order valence-corrected chi connectivity index (χ1v) is 12.1. The molecular formula is C24H26I2O3. The molecule has 0 bridgehead atoms. The van der Waals surface area contributed by atoms with E-state index in [1.54, 1.807) is 0 Å². The lowest BCUT2D eigenvalue weighted by Gasteiger charge is -2.23. The lowest BCUT2D eigenvalue weighted by molar-refractivity contribution is -0.136. The Morgan fingerprint density at radius 3 is 2.45 bits per heavy atom. The van der Waals surface area contributed by atoms with Gasteiger partial charge < -0.3 is 9.84 Å². The molecule has 0 saturated heterocycles. The largest absolute Gasteiger partial charge is 0.488 e. The minimum atomic E-state index is -0.759. The van der Waals surface area contributed by atoms with E-state index in [0.717, 1.165) is 38.9 Å². The summed E-state index contributed by atoms with van der Waals surface area (Å²) >= 11 is 4.66. The summed E-state index contributed by atoms with van der Waals surface area (Å²) in [5.74, 6) is 0.173. The zero-order valence-corrected chi connectivity index (χ0v) is 21.2. The third kappa shape index (κ3) is 5.75. The topological polar surface area (TPSA) is 46.5 Å². The standard InChI is InChI=1S/C24H26I2O3/c1-15-16(2)24(22(26)13-18(15)9-12-23(27)28)29-14-19-5-3-4-6-21(19)17-7-10-20(25)11-8-17/h7-8,10-11,13H,3-6,9,12,14H2,1-2H3,(H,27,28). The van der Waals surface area contributed by atoms with Gasteiger partial charge in [0, 0.05) is 9.99 Å². The van der Waals surface area contributed by atoms with Crippen molar-refractivity contribution in [3.63, 3.8) is 0 Å². The number of hydrogen-bond acceptors (Lipinski definition) is 2. The van der Waals surface area contributed by atoms with Crippen LogP contribution in [0.5, 0.6) is 5.75 Å². The molecule has 0 heterocycles. The summed E-state index contributed by atoms with van der Waals surface area (Å²) in [6.45, 7) is 4.75. The molecule has 0 aliphatic heterocycles. The predicted octanol–water partition coefficient (Wildman–Crippen LogP) is 6.94. The second kappa shape index (κ2) is 10.3. The molecule has 29 heavy (non-hydrogen) atoms. The Balaban J connectivity index is 1.83. The molecule has 3 rings (SSSR count). The average molecular weight is 616 g/mol. The first-order valence-electron chi connectivity index (χ1n) is 9.96. The number of rotatable bonds is 7. The van der Waals surface area contributed by atoms with Gasteiger partial charge in [0.05, 0.1) is 3.57 Å². The Kier molecular flexibility index (Phi) is 8.01. The molecule has 154 valence electrons. The number of carboxylic acids is 1. The highest BCUT2D eigenvalue weighted by Crippen LogP contribution is 2.35. The van der Waals surface area contributed by atoms with Gasteiger partial charge in [-0.25, -0.2) is 0 Å². The lowest BCUT2D eigenvalue weighted by atomic mass is 9.88. The predicted molar refractivity (Wildman–Crippen MR) is 135 cm³/mol. The molecule has 2 aromatic carbocycles. The van der Waals surface area contributed by atoms with Crippen LogP contribution in [0, 0.1) is 21.0 Å². The van der Waals surface area contributed by atoms with Crippen molar-refractivity contribution in [1.29, 1.82) is 0 Å². The van der Waals surface area contributed by atoms with E-state index in [4.69, 9.17) is 9.84 Å². The van der Waals surface area contributed by atoms with Gasteiger partial charge in [-0.15, -0.1) is 0 Å². The molecule has 0 saturated carbocycles. The number of aliphatic carboxylic acids is 1. The Bertz CT molecular complexity index is 930. The summed E-state index contributed by atoms with van der Waals surface area (Å²) < 4.78 is 8.67. The molecule has 2 aromatic rings. The van der Waals surface area contributed by atoms with E-state index in [9.17, 15) is 4.79 Å². The van der Waals surface area contributed by atoms with Gasteiger partial charge in [-0.3, -0.25) is 4.79 Å². The highest BCUT2D eigenvalue weighted by molar-refractivity contribution is 14.1. The number of benzene rings is 2. The van der Waals surface area contributed by atoms with E-state index < -0.39 is 5.97 Å². The first kappa shape index (κ1) is 22.6. The van der Waals surface area contributed by atoms with Crippen LogP contribution in [0.25, 0.3) is 5.57 Å². The second-order valence-electron chi connectivity index (χ2n) is 7.58. The SMILES string of the molecule is Cc1c(CCC(=O)O)cc(I)c(OCC2=C(c3ccc(I)cc3)CCCC2)c1C. The van der Waals surface area contributed by atoms with E-state index in [-0.39, 0.29) is 6.42 Å². The van der Waals surface area contributed by atoms with E-state index in [1.165, 1.54) is 33.1 Å². The molecule has 5 heteroatoms. The Hall–Kier alpha value is -1.09. The molecule has 1 aliphatic carbocycles. The molecule has 0 spiro atoms. The minimum absolute atomic E-state index is 0.156. The van der Waals surface area contributed by atoms with Crippen LogP contribution in [0.4, 0.5) is 0 Å². The van der Waals surface area contributed by atoms with Crippen LogP contribution in [-0.4, -0.2) is 17.7 Å². The second-order valence-corrected chi connectivity index (χ2v) is 9.98. The smallest absolute Gasteiger partial charge is 0.303 e. The van der Waals surface area contributed by atoms with Crippen molar-refractivity contribution in [3.05, 3.63) is 65.3 Å². The van der Waals surface area contributed by atoms with E-state index in [0.29, 0.717) is 13.0 Å². The molecule has 1 N–H and O–H groups in total. The zero-order valence-electron chi connectivity index (χ0n) is 16.9. The van der Waals surface area contributed by atoms with Crippen molar-refractivity contribution in [2.24, 2.45) is 0 Å². The minimum Gasteiger partial charge on any atom is -0.488 e. The summed E-state index contributed by atoms with van der Waals surface area (Å²) in [4.78, 5) is 10.9. The van der Waals surface area contributed by atoms with Gasteiger partial charge in [0.2, 0.25) is 0 Å². The molecule has 0 aromatic heterocycles. The summed E-state index contributed by atoms with van der Waals surface area (Å²) in [5.41, 5.74) is 7.51. The molecule has 1 aliphatic rings. The van der Waals surface area contributed by atoms with Gasteiger partial charge in [0.25, 0.3) is 0 Å². The lowest BCUT2D eigenvalue weighted by Crippen LogP contribution is -2.10. The van der Waals surface area contributed by atoms with Gasteiger partial charge in [-0.1, -0.05) is 12.1 Å². The van der Waals surface area contributed by atoms with Crippen LogP contribution in [0.15, 0.2) is 35.9 Å². The third-order valence-electron chi connectivity index (χ3n) is 5.68. The number of hydrogen-bond donors (Lipinski definition) is 1. The van der Waals surface area contributed by atoms with E-state index in [2.05, 4.69) is 89.4 Å². The average Bonchev–Trinajstić information content (AvgIpc) is 2.70. The Morgan fingerprint density at radius 2 is 1.76 bits per heavy atom. The summed E-state index contributed by atoms with van der Waals surface area (Å²) in [7, 11) is 0. The van der Waals surface area contributed by atoms with Crippen LogP contribution in [0.1, 0.15) is 54.4 Å². The maximum Gasteiger partial charge on any atom is 0.303 e. The van der Waals surface area contributed by atoms with Crippen LogP contribution >= 0.6 is 45.2 Å². The number of carbonyl (C=O) groups is 1. The Morgan fingerprint density at radius 1 is 1.07 bits per heavy atom. The molecule has 0 fully saturated rings. The van der Waals surface area contributed by atoms with Gasteiger partial charge in [-0.2, -0.15) is 0 Å². The number of carboxylic acid groups (broad SMARTS) is 1. The fraction of sp³-hybridized carbons (Fsp3) is 0.375. The maximum atomic E-state index is 10.9. The van der Waals surface area contributed by atoms with Gasteiger partial charge in [0.1, 0.15) is 12.4 Å². The van der Waals surface area contributed by atoms with Crippen LogP contribution in [-0.2, 0) is 11.2 Å². The molecule has 3 nitrogen and oxygen atoms in total. The molecule has 0 radical (unpaired) electrons. The van der Waals surface area contributed by atoms with Crippen molar-refractivity contribution in [3.8, 4) is 5.75 Å². The monoisotopic (exact) mass is 616 g/mol. The fourth-order valence-electron chi connectivity index (χ4n) is 3.88. The number of allylic oxidation sites excluding steroid dienone is 1. The highest BCUT2D eigenvalue weighted by Gasteiger charge is 2.18. The maximum absolute atomic E-state index is 10.9. The Labute approximate surface area is 200 Å². The highest BCUT2D eigenvalue weighted by atomic mass is 127. The van der Waals surface area contributed by atoms with Crippen molar-refractivity contribution in [2.45, 2.75) is 52.4 Å². The van der Waals surface area contributed by atoms with Crippen LogP contribution in [0.3, 0.4) is 0 Å². The van der Waals surface area contributed by atoms with Gasteiger partial charge in [-0.05, 0) is 143 Å². The fourth-order valence-corrected chi connectivity index (χ4v) is 5.18. The molecule has 0 amide bonds. The van der Waals surface area contributed by atoms with Gasteiger partial charge >= 0.3 is 5.97 Å². The van der Waals surface area contributed by atoms with Crippen LogP contribution < -0.4 is 4.74 Å². The van der Waals surface area contributed by atoms with Gasteiger partial charge in [0.15, 0.2) is 0 Å². The van der Waals surface area contributed by atoms with Crippen molar-refractivity contribution >= 4 is 56.7 Å². The third-order valence-corrected chi connectivity index (χ3v) is 7.20. The zero-order chi connectivity index (χ0) is 21.0. The number of halogens is 2. The quantitative estimate of drug-likeness (QED) is 0.343. The van der Waals surface area contributed by atoms with E-state index >= 15 is 0 Å². The molecule has 0 atom stereocenters. The summed E-state index contributed by atoms with van der Waals surface area (Å²) in [5, 5.41) is 8.99. The summed E-state index contributed by atoms with van der Waals surface area (Å²) in [6.07, 6.45) is 5.37. The molecule has 0 unspecified atom stereocenters. The van der Waals surface area contributed by atoms with Crippen molar-refractivity contribution in [1.82, 2.24) is 0 Å². The van der Waals surface area contributed by atoms with Crippen molar-refractivity contribution < 1.29 is 14.6 Å². The normalized spacial score (nSPS) is 14.2. The van der Waals surface area contributed by atoms with Crippen LogP contribution in [0.2, 0.25) is 0 Å². The number of ether oxygens (including phenoxy) is 1. The number of aryl methyl sites for hydroxylation is 1. The van der Waals surface area contributed by atoms with Crippen molar-refractivity contribution in [2.75, 3.05) is 6.61 Å². The molecular weight excluding hydrogens is 590 g/mol.